The monoisotopic (exact) mass is 210 g/mol. The standard InChI is InChI=1S/C11H18N2O2/c1-9-4-3-5-11(13-9)12-7-6-10(14)8-15-2/h3-5,10,14H,6-8H2,1-2H3,(H,12,13)/t10-/m1/s1. The molecule has 0 aliphatic heterocycles. The molecule has 0 unspecified atom stereocenters. The summed E-state index contributed by atoms with van der Waals surface area (Å²) >= 11 is 0. The molecule has 0 saturated carbocycles. The maximum absolute atomic E-state index is 9.40. The molecule has 0 bridgehead atoms. The molecule has 0 aliphatic rings. The predicted octanol–water partition coefficient (Wildman–Crippen LogP) is 1.20. The first-order valence-electron chi connectivity index (χ1n) is 5.07. The van der Waals surface area contributed by atoms with Gasteiger partial charge in [-0.15, -0.1) is 0 Å². The van der Waals surface area contributed by atoms with Crippen molar-refractivity contribution < 1.29 is 9.84 Å². The Morgan fingerprint density at radius 2 is 2.33 bits per heavy atom. The number of nitrogens with one attached hydrogen (secondary N) is 1. The van der Waals surface area contributed by atoms with Gasteiger partial charge in [0.2, 0.25) is 0 Å². The lowest BCUT2D eigenvalue weighted by Crippen LogP contribution is -2.18. The van der Waals surface area contributed by atoms with E-state index in [0.717, 1.165) is 11.5 Å². The highest BCUT2D eigenvalue weighted by molar-refractivity contribution is 5.34. The summed E-state index contributed by atoms with van der Waals surface area (Å²) < 4.78 is 4.83. The van der Waals surface area contributed by atoms with Crippen molar-refractivity contribution in [3.8, 4) is 0 Å². The highest BCUT2D eigenvalue weighted by Gasteiger charge is 2.02. The zero-order chi connectivity index (χ0) is 11.1. The van der Waals surface area contributed by atoms with E-state index in [1.165, 1.54) is 0 Å². The largest absolute Gasteiger partial charge is 0.391 e. The summed E-state index contributed by atoms with van der Waals surface area (Å²) in [4.78, 5) is 4.29. The summed E-state index contributed by atoms with van der Waals surface area (Å²) in [6, 6.07) is 5.82. The minimum atomic E-state index is -0.410. The topological polar surface area (TPSA) is 54.4 Å². The lowest BCUT2D eigenvalue weighted by atomic mass is 10.2. The zero-order valence-corrected chi connectivity index (χ0v) is 9.23. The van der Waals surface area contributed by atoms with Gasteiger partial charge in [0.25, 0.3) is 0 Å². The number of hydrogen-bond acceptors (Lipinski definition) is 4. The number of nitrogens with zero attached hydrogens (tertiary/aromatic N) is 1. The highest BCUT2D eigenvalue weighted by atomic mass is 16.5. The van der Waals surface area contributed by atoms with Gasteiger partial charge in [0, 0.05) is 19.3 Å². The third kappa shape index (κ3) is 4.76. The second kappa shape index (κ2) is 6.37. The van der Waals surface area contributed by atoms with E-state index < -0.39 is 6.10 Å². The Morgan fingerprint density at radius 1 is 1.53 bits per heavy atom. The number of aliphatic hydroxyl groups excluding tert-OH is 1. The van der Waals surface area contributed by atoms with E-state index in [0.29, 0.717) is 19.6 Å². The molecule has 1 atom stereocenters. The van der Waals surface area contributed by atoms with Gasteiger partial charge in [-0.3, -0.25) is 0 Å². The summed E-state index contributed by atoms with van der Waals surface area (Å²) in [5.41, 5.74) is 0.984. The zero-order valence-electron chi connectivity index (χ0n) is 9.23. The maximum atomic E-state index is 9.40. The molecule has 0 saturated heterocycles. The number of aliphatic hydroxyl groups is 1. The van der Waals surface area contributed by atoms with Crippen LogP contribution in [-0.4, -0.2) is 36.5 Å². The second-order valence-electron chi connectivity index (χ2n) is 3.49. The van der Waals surface area contributed by atoms with Crippen LogP contribution in [0, 0.1) is 6.92 Å². The van der Waals surface area contributed by atoms with Gasteiger partial charge in [-0.2, -0.15) is 0 Å². The number of aryl methyl sites for hydroxylation is 1. The van der Waals surface area contributed by atoms with E-state index in [4.69, 9.17) is 4.74 Å². The first-order chi connectivity index (χ1) is 7.22. The van der Waals surface area contributed by atoms with Crippen LogP contribution >= 0.6 is 0 Å². The van der Waals surface area contributed by atoms with Gasteiger partial charge in [0.15, 0.2) is 0 Å². The summed E-state index contributed by atoms with van der Waals surface area (Å²) in [6.45, 7) is 3.02. The summed E-state index contributed by atoms with van der Waals surface area (Å²) in [5, 5.41) is 12.5. The molecular weight excluding hydrogens is 192 g/mol. The Balaban J connectivity index is 2.25. The van der Waals surface area contributed by atoms with Gasteiger partial charge < -0.3 is 15.2 Å². The predicted molar refractivity (Wildman–Crippen MR) is 60.0 cm³/mol. The maximum Gasteiger partial charge on any atom is 0.126 e. The van der Waals surface area contributed by atoms with Crippen molar-refractivity contribution in [2.24, 2.45) is 0 Å². The molecule has 1 heterocycles. The quantitative estimate of drug-likeness (QED) is 0.740. The van der Waals surface area contributed by atoms with Gasteiger partial charge in [-0.05, 0) is 25.5 Å². The smallest absolute Gasteiger partial charge is 0.126 e. The van der Waals surface area contributed by atoms with Crippen molar-refractivity contribution in [1.29, 1.82) is 0 Å². The van der Waals surface area contributed by atoms with E-state index in [2.05, 4.69) is 10.3 Å². The Kier molecular flexibility index (Phi) is 5.07. The average Bonchev–Trinajstić information content (AvgIpc) is 2.18. The van der Waals surface area contributed by atoms with Crippen molar-refractivity contribution in [1.82, 2.24) is 4.98 Å². The van der Waals surface area contributed by atoms with Crippen molar-refractivity contribution >= 4 is 5.82 Å². The fourth-order valence-electron chi connectivity index (χ4n) is 1.28. The number of anilines is 1. The Bertz CT molecular complexity index is 292. The fourth-order valence-corrected chi connectivity index (χ4v) is 1.28. The highest BCUT2D eigenvalue weighted by Crippen LogP contribution is 2.04. The van der Waals surface area contributed by atoms with Crippen LogP contribution in [-0.2, 0) is 4.74 Å². The van der Waals surface area contributed by atoms with Crippen LogP contribution < -0.4 is 5.32 Å². The number of pyridine rings is 1. The number of hydrogen-bond donors (Lipinski definition) is 2. The molecule has 4 nitrogen and oxygen atoms in total. The summed E-state index contributed by atoms with van der Waals surface area (Å²) in [5.74, 6) is 0.847. The van der Waals surface area contributed by atoms with Gasteiger partial charge in [0.05, 0.1) is 12.7 Å². The van der Waals surface area contributed by atoms with Crippen LogP contribution in [0.5, 0.6) is 0 Å². The molecule has 1 aromatic heterocycles. The molecule has 15 heavy (non-hydrogen) atoms. The molecule has 0 amide bonds. The minimum absolute atomic E-state index is 0.378. The Labute approximate surface area is 90.3 Å². The number of ether oxygens (including phenoxy) is 1. The van der Waals surface area contributed by atoms with Crippen LogP contribution in [0.25, 0.3) is 0 Å². The lowest BCUT2D eigenvalue weighted by Gasteiger charge is -2.10. The first-order valence-corrected chi connectivity index (χ1v) is 5.07. The van der Waals surface area contributed by atoms with Crippen molar-refractivity contribution in [3.63, 3.8) is 0 Å². The first kappa shape index (κ1) is 11.9. The lowest BCUT2D eigenvalue weighted by molar-refractivity contribution is 0.0615. The molecule has 0 spiro atoms. The second-order valence-corrected chi connectivity index (χ2v) is 3.49. The third-order valence-corrected chi connectivity index (χ3v) is 2.03. The van der Waals surface area contributed by atoms with Crippen LogP contribution in [0.3, 0.4) is 0 Å². The van der Waals surface area contributed by atoms with Gasteiger partial charge in [-0.25, -0.2) is 4.98 Å². The van der Waals surface area contributed by atoms with Crippen LogP contribution in [0.1, 0.15) is 12.1 Å². The molecule has 1 rings (SSSR count). The number of rotatable bonds is 6. The van der Waals surface area contributed by atoms with Crippen molar-refractivity contribution in [3.05, 3.63) is 23.9 Å². The van der Waals surface area contributed by atoms with Crippen molar-refractivity contribution in [2.45, 2.75) is 19.4 Å². The van der Waals surface area contributed by atoms with E-state index in [-0.39, 0.29) is 0 Å². The molecule has 0 aliphatic carbocycles. The molecule has 0 fully saturated rings. The Morgan fingerprint density at radius 3 is 3.00 bits per heavy atom. The average molecular weight is 210 g/mol. The van der Waals surface area contributed by atoms with Crippen LogP contribution in [0.2, 0.25) is 0 Å². The van der Waals surface area contributed by atoms with Gasteiger partial charge in [0.1, 0.15) is 5.82 Å². The van der Waals surface area contributed by atoms with Gasteiger partial charge >= 0.3 is 0 Å². The van der Waals surface area contributed by atoms with E-state index >= 15 is 0 Å². The fraction of sp³-hybridized carbons (Fsp3) is 0.545. The third-order valence-electron chi connectivity index (χ3n) is 2.03. The van der Waals surface area contributed by atoms with Crippen LogP contribution in [0.15, 0.2) is 18.2 Å². The van der Waals surface area contributed by atoms with E-state index in [1.807, 2.05) is 25.1 Å². The van der Waals surface area contributed by atoms with Gasteiger partial charge in [-0.1, -0.05) is 6.07 Å². The Hall–Kier alpha value is -1.13. The van der Waals surface area contributed by atoms with E-state index in [9.17, 15) is 5.11 Å². The van der Waals surface area contributed by atoms with Crippen molar-refractivity contribution in [2.75, 3.05) is 25.6 Å². The molecule has 4 heteroatoms. The number of methoxy groups -OCH3 is 1. The molecular formula is C11H18N2O2. The summed E-state index contributed by atoms with van der Waals surface area (Å²) in [7, 11) is 1.58. The molecule has 0 radical (unpaired) electrons. The minimum Gasteiger partial charge on any atom is -0.391 e. The molecule has 2 N–H and O–H groups in total. The van der Waals surface area contributed by atoms with Crippen LogP contribution in [0.4, 0.5) is 5.82 Å². The normalized spacial score (nSPS) is 12.5. The SMILES string of the molecule is COC[C@H](O)CCNc1cccc(C)n1. The van der Waals surface area contributed by atoms with E-state index in [1.54, 1.807) is 7.11 Å². The summed E-state index contributed by atoms with van der Waals surface area (Å²) in [6.07, 6.45) is 0.246. The molecule has 84 valence electrons. The molecule has 0 aromatic carbocycles. The number of aromatic nitrogens is 1. The molecule has 1 aromatic rings.